The minimum absolute atomic E-state index is 0.0232. The van der Waals surface area contributed by atoms with Crippen LogP contribution in [0.3, 0.4) is 0 Å². The molecule has 4 aromatic carbocycles. The van der Waals surface area contributed by atoms with Gasteiger partial charge < -0.3 is 29.9 Å². The molecule has 0 fully saturated rings. The number of methoxy groups -OCH3 is 2. The Morgan fingerprint density at radius 1 is 0.684 bits per heavy atom. The molecule has 0 aliphatic rings. The molecule has 0 unspecified atom stereocenters. The molecule has 0 spiro atoms. The summed E-state index contributed by atoms with van der Waals surface area (Å²) in [6.07, 6.45) is 0. The van der Waals surface area contributed by atoms with Crippen LogP contribution in [0, 0.1) is 5.41 Å². The van der Waals surface area contributed by atoms with E-state index in [1.54, 1.807) is 32.4 Å². The van der Waals surface area contributed by atoms with Crippen molar-refractivity contribution in [3.8, 4) is 45.8 Å². The van der Waals surface area contributed by atoms with Crippen LogP contribution < -0.4 is 19.9 Å². The largest absolute Gasteiger partial charge is 0.493 e. The highest BCUT2D eigenvalue weighted by Crippen LogP contribution is 2.34. The molecule has 0 aliphatic heterocycles. The van der Waals surface area contributed by atoms with Crippen LogP contribution in [0.25, 0.3) is 44.8 Å². The number of imidazole rings is 2. The topological polar surface area (TPSA) is 135 Å². The van der Waals surface area contributed by atoms with E-state index < -0.39 is 0 Å². The zero-order chi connectivity index (χ0) is 26.2. The number of nitrogens with one attached hydrogen (secondary N) is 3. The molecule has 0 bridgehead atoms. The van der Waals surface area contributed by atoms with Gasteiger partial charge in [0.25, 0.3) is 0 Å². The van der Waals surface area contributed by atoms with Crippen LogP contribution in [0.15, 0.2) is 78.9 Å². The molecule has 9 nitrogen and oxygen atoms in total. The van der Waals surface area contributed by atoms with Crippen molar-refractivity contribution in [2.75, 3.05) is 14.2 Å². The van der Waals surface area contributed by atoms with Crippen LogP contribution in [0.1, 0.15) is 5.56 Å². The number of hydrogen-bond donors (Lipinski definition) is 4. The smallest absolute Gasteiger partial charge is 0.164 e. The molecule has 0 aliphatic carbocycles. The molecule has 188 valence electrons. The van der Waals surface area contributed by atoms with E-state index in [4.69, 9.17) is 30.3 Å². The summed E-state index contributed by atoms with van der Waals surface area (Å²) in [5, 5.41) is 7.65. The lowest BCUT2D eigenvalue weighted by atomic mass is 10.2. The van der Waals surface area contributed by atoms with Gasteiger partial charge in [-0.05, 0) is 72.8 Å². The summed E-state index contributed by atoms with van der Waals surface area (Å²) in [6, 6.07) is 24.6. The second-order valence-electron chi connectivity index (χ2n) is 8.69. The van der Waals surface area contributed by atoms with Crippen molar-refractivity contribution in [2.45, 2.75) is 0 Å². The highest BCUT2D eigenvalue weighted by Gasteiger charge is 2.11. The van der Waals surface area contributed by atoms with E-state index in [-0.39, 0.29) is 5.84 Å². The zero-order valence-corrected chi connectivity index (χ0v) is 20.7. The molecule has 0 amide bonds. The van der Waals surface area contributed by atoms with Gasteiger partial charge in [-0.3, -0.25) is 5.41 Å². The Morgan fingerprint density at radius 2 is 1.29 bits per heavy atom. The fraction of sp³-hybridized carbons (Fsp3) is 0.0690. The Kier molecular flexibility index (Phi) is 5.65. The van der Waals surface area contributed by atoms with Crippen LogP contribution in [-0.4, -0.2) is 40.0 Å². The summed E-state index contributed by atoms with van der Waals surface area (Å²) in [5.74, 6) is 4.10. The Hall–Kier alpha value is -5.31. The molecule has 0 radical (unpaired) electrons. The Balaban J connectivity index is 1.24. The molecule has 0 saturated carbocycles. The minimum Gasteiger partial charge on any atom is -0.493 e. The van der Waals surface area contributed by atoms with Gasteiger partial charge in [-0.1, -0.05) is 0 Å². The number of benzene rings is 4. The number of aromatic nitrogens is 4. The maximum atomic E-state index is 7.65. The number of amidine groups is 1. The Bertz CT molecular complexity index is 1800. The van der Waals surface area contributed by atoms with Crippen LogP contribution in [0.4, 0.5) is 0 Å². The van der Waals surface area contributed by atoms with E-state index in [0.29, 0.717) is 28.6 Å². The van der Waals surface area contributed by atoms with E-state index in [9.17, 15) is 0 Å². The predicted octanol–water partition coefficient (Wildman–Crippen LogP) is 5.87. The highest BCUT2D eigenvalue weighted by atomic mass is 16.5. The summed E-state index contributed by atoms with van der Waals surface area (Å²) < 4.78 is 16.6. The minimum atomic E-state index is 0.0232. The predicted molar refractivity (Wildman–Crippen MR) is 147 cm³/mol. The summed E-state index contributed by atoms with van der Waals surface area (Å²) in [6.45, 7) is 0. The molecule has 0 saturated heterocycles. The van der Waals surface area contributed by atoms with Crippen molar-refractivity contribution in [2.24, 2.45) is 5.73 Å². The van der Waals surface area contributed by atoms with Gasteiger partial charge in [-0.2, -0.15) is 0 Å². The molecular formula is C29H24N6O3. The first-order valence-electron chi connectivity index (χ1n) is 11.9. The van der Waals surface area contributed by atoms with Crippen molar-refractivity contribution in [3.63, 3.8) is 0 Å². The number of nitrogens with two attached hydrogens (primary N) is 1. The van der Waals surface area contributed by atoms with Crippen molar-refractivity contribution in [1.29, 1.82) is 5.41 Å². The van der Waals surface area contributed by atoms with Gasteiger partial charge in [0.2, 0.25) is 0 Å². The Labute approximate surface area is 217 Å². The van der Waals surface area contributed by atoms with Gasteiger partial charge in [-0.15, -0.1) is 0 Å². The number of hydrogen-bond acceptors (Lipinski definition) is 6. The molecule has 2 aromatic heterocycles. The normalized spacial score (nSPS) is 11.1. The fourth-order valence-corrected chi connectivity index (χ4v) is 4.30. The quantitative estimate of drug-likeness (QED) is 0.159. The Morgan fingerprint density at radius 3 is 1.97 bits per heavy atom. The van der Waals surface area contributed by atoms with Gasteiger partial charge in [0.15, 0.2) is 11.5 Å². The second kappa shape index (κ2) is 9.29. The maximum absolute atomic E-state index is 7.65. The van der Waals surface area contributed by atoms with Gasteiger partial charge in [-0.25, -0.2) is 9.97 Å². The second-order valence-corrected chi connectivity index (χ2v) is 8.69. The summed E-state index contributed by atoms with van der Waals surface area (Å²) in [4.78, 5) is 16.2. The number of ether oxygens (including phenoxy) is 3. The molecule has 9 heteroatoms. The van der Waals surface area contributed by atoms with E-state index in [0.717, 1.165) is 44.8 Å². The lowest BCUT2D eigenvalue weighted by molar-refractivity contribution is 0.352. The summed E-state index contributed by atoms with van der Waals surface area (Å²) in [7, 11) is 3.19. The van der Waals surface area contributed by atoms with Gasteiger partial charge in [0.1, 0.15) is 29.0 Å². The first-order valence-corrected chi connectivity index (χ1v) is 11.9. The fourth-order valence-electron chi connectivity index (χ4n) is 4.30. The standard InChI is InChI=1S/C29H24N6O3/c1-36-25-12-9-20(15-26(25)37-2)38-19-7-3-16(4-8-19)28-32-22-11-6-18(14-24(22)34-28)29-33-21-10-5-17(27(30)31)13-23(21)35-29/h3-15H,1-2H3,(H3,30,31)(H,32,34)(H,33,35). The van der Waals surface area contributed by atoms with Crippen molar-refractivity contribution in [3.05, 3.63) is 84.4 Å². The third-order valence-corrected chi connectivity index (χ3v) is 6.27. The average molecular weight is 505 g/mol. The van der Waals surface area contributed by atoms with E-state index in [2.05, 4.69) is 15.0 Å². The van der Waals surface area contributed by atoms with Crippen molar-refractivity contribution in [1.82, 2.24) is 19.9 Å². The number of rotatable bonds is 7. The number of aromatic amines is 2. The van der Waals surface area contributed by atoms with Crippen LogP contribution in [0.5, 0.6) is 23.0 Å². The summed E-state index contributed by atoms with van der Waals surface area (Å²) >= 11 is 0. The molecule has 6 aromatic rings. The van der Waals surface area contributed by atoms with Gasteiger partial charge in [0, 0.05) is 22.8 Å². The maximum Gasteiger partial charge on any atom is 0.164 e. The van der Waals surface area contributed by atoms with Gasteiger partial charge in [0.05, 0.1) is 36.3 Å². The average Bonchev–Trinajstić information content (AvgIpc) is 3.57. The highest BCUT2D eigenvalue weighted by molar-refractivity contribution is 5.98. The van der Waals surface area contributed by atoms with Crippen LogP contribution in [-0.2, 0) is 0 Å². The number of H-pyrrole nitrogens is 2. The van der Waals surface area contributed by atoms with E-state index in [1.165, 1.54) is 0 Å². The van der Waals surface area contributed by atoms with E-state index in [1.807, 2.05) is 60.7 Å². The molecule has 2 heterocycles. The SMILES string of the molecule is COc1ccc(Oc2ccc(-c3nc4ccc(-c5nc6ccc(C(=N)N)cc6[nH]5)cc4[nH]3)cc2)cc1OC. The zero-order valence-electron chi connectivity index (χ0n) is 20.7. The lowest BCUT2D eigenvalue weighted by Gasteiger charge is -2.10. The number of nitrogens with zero attached hydrogens (tertiary/aromatic N) is 2. The first kappa shape index (κ1) is 23.1. The van der Waals surface area contributed by atoms with Crippen molar-refractivity contribution >= 4 is 27.9 Å². The molecule has 38 heavy (non-hydrogen) atoms. The van der Waals surface area contributed by atoms with Gasteiger partial charge >= 0.3 is 0 Å². The third-order valence-electron chi connectivity index (χ3n) is 6.27. The van der Waals surface area contributed by atoms with Crippen LogP contribution >= 0.6 is 0 Å². The van der Waals surface area contributed by atoms with E-state index >= 15 is 0 Å². The summed E-state index contributed by atoms with van der Waals surface area (Å²) in [5.41, 5.74) is 11.5. The molecule has 5 N–H and O–H groups in total. The molecule has 6 rings (SSSR count). The first-order chi connectivity index (χ1) is 18.5. The third kappa shape index (κ3) is 4.26. The van der Waals surface area contributed by atoms with Crippen LogP contribution in [0.2, 0.25) is 0 Å². The monoisotopic (exact) mass is 504 g/mol. The number of nitrogen functional groups attached to an aromatic ring is 1. The molecule has 0 atom stereocenters. The number of fused-ring (bicyclic) bond motifs is 2. The van der Waals surface area contributed by atoms with Crippen molar-refractivity contribution < 1.29 is 14.2 Å². The molecular weight excluding hydrogens is 480 g/mol. The lowest BCUT2D eigenvalue weighted by Crippen LogP contribution is -2.10.